The van der Waals surface area contributed by atoms with E-state index in [-0.39, 0.29) is 17.3 Å². The monoisotopic (exact) mass is 285 g/mol. The van der Waals surface area contributed by atoms with Gasteiger partial charge in [0.1, 0.15) is 11.5 Å². The molecule has 1 fully saturated rings. The molecular weight excluding hydrogens is 273 g/mol. The van der Waals surface area contributed by atoms with Crippen molar-refractivity contribution in [2.45, 2.75) is 6.04 Å². The van der Waals surface area contributed by atoms with Crippen LogP contribution in [-0.4, -0.2) is 34.9 Å². The quantitative estimate of drug-likeness (QED) is 0.647. The van der Waals surface area contributed by atoms with Gasteiger partial charge in [0.25, 0.3) is 5.69 Å². The summed E-state index contributed by atoms with van der Waals surface area (Å²) < 4.78 is 13.1. The van der Waals surface area contributed by atoms with Gasteiger partial charge in [-0.3, -0.25) is 14.9 Å². The van der Waals surface area contributed by atoms with Crippen molar-refractivity contribution in [1.29, 1.82) is 0 Å². The van der Waals surface area contributed by atoms with Crippen LogP contribution in [0.25, 0.3) is 0 Å². The predicted molar refractivity (Wildman–Crippen MR) is 70.8 cm³/mol. The van der Waals surface area contributed by atoms with Crippen molar-refractivity contribution >= 4 is 29.0 Å². The Hall–Kier alpha value is -1.67. The summed E-state index contributed by atoms with van der Waals surface area (Å²) >= 11 is 1.62. The summed E-state index contributed by atoms with van der Waals surface area (Å²) in [5, 5.41) is 16.2. The molecule has 1 aliphatic rings. The molecule has 0 bridgehead atoms. The van der Waals surface area contributed by atoms with Crippen LogP contribution in [0.3, 0.4) is 0 Å². The SMILES string of the molecule is O=C(Nc1cc(F)ccc1[N+](=O)[O-])C1CSCCN1. The number of hydrogen-bond donors (Lipinski definition) is 2. The van der Waals surface area contributed by atoms with Crippen LogP contribution in [-0.2, 0) is 4.79 Å². The van der Waals surface area contributed by atoms with Crippen molar-refractivity contribution in [2.24, 2.45) is 0 Å². The maximum Gasteiger partial charge on any atom is 0.292 e. The maximum absolute atomic E-state index is 13.1. The Morgan fingerprint density at radius 2 is 2.37 bits per heavy atom. The van der Waals surface area contributed by atoms with Crippen LogP contribution >= 0.6 is 11.8 Å². The molecule has 0 radical (unpaired) electrons. The van der Waals surface area contributed by atoms with Crippen molar-refractivity contribution in [2.75, 3.05) is 23.4 Å². The van der Waals surface area contributed by atoms with E-state index in [9.17, 15) is 19.3 Å². The van der Waals surface area contributed by atoms with Crippen molar-refractivity contribution in [3.05, 3.63) is 34.1 Å². The molecule has 1 aromatic rings. The molecular formula is C11H12FN3O3S. The number of rotatable bonds is 3. The second-order valence-corrected chi connectivity index (χ2v) is 5.14. The molecule has 0 spiro atoms. The van der Waals surface area contributed by atoms with Crippen LogP contribution in [0.4, 0.5) is 15.8 Å². The number of carbonyl (C=O) groups excluding carboxylic acids is 1. The summed E-state index contributed by atoms with van der Waals surface area (Å²) in [6.07, 6.45) is 0. The van der Waals surface area contributed by atoms with E-state index in [0.717, 1.165) is 24.0 Å². The van der Waals surface area contributed by atoms with E-state index in [0.29, 0.717) is 12.3 Å². The molecule has 1 atom stereocenters. The minimum Gasteiger partial charge on any atom is -0.319 e. The van der Waals surface area contributed by atoms with Crippen molar-refractivity contribution < 1.29 is 14.1 Å². The number of amides is 1. The molecule has 6 nitrogen and oxygen atoms in total. The first kappa shape index (κ1) is 13.8. The highest BCUT2D eigenvalue weighted by Gasteiger charge is 2.24. The summed E-state index contributed by atoms with van der Waals surface area (Å²) in [6.45, 7) is 0.702. The Morgan fingerprint density at radius 3 is 3.00 bits per heavy atom. The number of thioether (sulfide) groups is 1. The molecule has 102 valence electrons. The average molecular weight is 285 g/mol. The molecule has 2 N–H and O–H groups in total. The lowest BCUT2D eigenvalue weighted by Crippen LogP contribution is -2.46. The first-order valence-corrected chi connectivity index (χ1v) is 6.79. The molecule has 1 amide bonds. The third-order valence-corrected chi connectivity index (χ3v) is 3.71. The van der Waals surface area contributed by atoms with E-state index < -0.39 is 16.8 Å². The van der Waals surface area contributed by atoms with Crippen LogP contribution in [0, 0.1) is 15.9 Å². The summed E-state index contributed by atoms with van der Waals surface area (Å²) in [6, 6.07) is 2.56. The molecule has 0 saturated carbocycles. The van der Waals surface area contributed by atoms with Crippen molar-refractivity contribution in [3.63, 3.8) is 0 Å². The topological polar surface area (TPSA) is 84.3 Å². The largest absolute Gasteiger partial charge is 0.319 e. The summed E-state index contributed by atoms with van der Waals surface area (Å²) in [7, 11) is 0. The zero-order valence-electron chi connectivity index (χ0n) is 9.89. The van der Waals surface area contributed by atoms with Crippen LogP contribution in [0.5, 0.6) is 0 Å². The van der Waals surface area contributed by atoms with E-state index in [1.807, 2.05) is 0 Å². The van der Waals surface area contributed by atoms with Gasteiger partial charge in [0.05, 0.1) is 11.0 Å². The van der Waals surface area contributed by atoms with Gasteiger partial charge in [-0.05, 0) is 6.07 Å². The Balaban J connectivity index is 2.15. The number of benzene rings is 1. The van der Waals surface area contributed by atoms with E-state index in [2.05, 4.69) is 10.6 Å². The summed E-state index contributed by atoms with van der Waals surface area (Å²) in [5.41, 5.74) is -0.439. The molecule has 0 aliphatic carbocycles. The number of anilines is 1. The molecule has 1 aliphatic heterocycles. The Labute approximate surface area is 112 Å². The Morgan fingerprint density at radius 1 is 1.58 bits per heavy atom. The smallest absolute Gasteiger partial charge is 0.292 e. The van der Waals surface area contributed by atoms with E-state index in [1.165, 1.54) is 0 Å². The van der Waals surface area contributed by atoms with Gasteiger partial charge in [-0.2, -0.15) is 11.8 Å². The molecule has 1 heterocycles. The minimum atomic E-state index is -0.655. The van der Waals surface area contributed by atoms with Gasteiger partial charge in [-0.15, -0.1) is 0 Å². The first-order chi connectivity index (χ1) is 9.08. The first-order valence-electron chi connectivity index (χ1n) is 5.64. The van der Waals surface area contributed by atoms with Gasteiger partial charge in [-0.1, -0.05) is 0 Å². The lowest BCUT2D eigenvalue weighted by molar-refractivity contribution is -0.384. The minimum absolute atomic E-state index is 0.118. The van der Waals surface area contributed by atoms with Crippen molar-refractivity contribution in [3.8, 4) is 0 Å². The molecule has 8 heteroatoms. The second-order valence-electron chi connectivity index (χ2n) is 3.99. The van der Waals surface area contributed by atoms with Gasteiger partial charge >= 0.3 is 0 Å². The Bertz CT molecular complexity index is 506. The fraction of sp³-hybridized carbons (Fsp3) is 0.364. The van der Waals surface area contributed by atoms with Crippen LogP contribution in [0.15, 0.2) is 18.2 Å². The molecule has 1 aromatic carbocycles. The average Bonchev–Trinajstić information content (AvgIpc) is 2.39. The molecule has 1 saturated heterocycles. The zero-order chi connectivity index (χ0) is 13.8. The van der Waals surface area contributed by atoms with Gasteiger partial charge < -0.3 is 10.6 Å². The normalized spacial score (nSPS) is 18.9. The van der Waals surface area contributed by atoms with E-state index in [4.69, 9.17) is 0 Å². The van der Waals surface area contributed by atoms with Crippen LogP contribution < -0.4 is 10.6 Å². The van der Waals surface area contributed by atoms with E-state index in [1.54, 1.807) is 11.8 Å². The third kappa shape index (κ3) is 3.42. The second kappa shape index (κ2) is 5.98. The number of carbonyl (C=O) groups is 1. The number of halogens is 1. The highest BCUT2D eigenvalue weighted by Crippen LogP contribution is 2.25. The number of nitrogens with zero attached hydrogens (tertiary/aromatic N) is 1. The zero-order valence-corrected chi connectivity index (χ0v) is 10.7. The van der Waals surface area contributed by atoms with Gasteiger partial charge in [0.15, 0.2) is 0 Å². The maximum atomic E-state index is 13.1. The number of nitro groups is 1. The van der Waals surface area contributed by atoms with Gasteiger partial charge in [0.2, 0.25) is 5.91 Å². The molecule has 19 heavy (non-hydrogen) atoms. The highest BCUT2D eigenvalue weighted by molar-refractivity contribution is 7.99. The molecule has 2 rings (SSSR count). The fourth-order valence-corrected chi connectivity index (χ4v) is 2.66. The van der Waals surface area contributed by atoms with E-state index >= 15 is 0 Å². The Kier molecular flexibility index (Phi) is 4.33. The van der Waals surface area contributed by atoms with Crippen LogP contribution in [0.2, 0.25) is 0 Å². The van der Waals surface area contributed by atoms with Gasteiger partial charge in [0, 0.05) is 30.2 Å². The van der Waals surface area contributed by atoms with Crippen LogP contribution in [0.1, 0.15) is 0 Å². The molecule has 1 unspecified atom stereocenters. The summed E-state index contributed by atoms with van der Waals surface area (Å²) in [4.78, 5) is 22.1. The fourth-order valence-electron chi connectivity index (χ4n) is 1.72. The number of nitro benzene ring substituents is 1. The number of nitrogens with one attached hydrogen (secondary N) is 2. The standard InChI is InChI=1S/C11H12FN3O3S/c12-7-1-2-10(15(17)18)8(5-7)14-11(16)9-6-19-4-3-13-9/h1-2,5,9,13H,3-4,6H2,(H,14,16). The predicted octanol–water partition coefficient (Wildman–Crippen LogP) is 1.38. The van der Waals surface area contributed by atoms with Gasteiger partial charge in [-0.25, -0.2) is 4.39 Å². The lowest BCUT2D eigenvalue weighted by atomic mass is 10.2. The third-order valence-electron chi connectivity index (χ3n) is 2.65. The summed E-state index contributed by atoms with van der Waals surface area (Å²) in [5.74, 6) is 0.492. The lowest BCUT2D eigenvalue weighted by Gasteiger charge is -2.22. The molecule has 0 aromatic heterocycles. The number of hydrogen-bond acceptors (Lipinski definition) is 5. The van der Waals surface area contributed by atoms with Crippen molar-refractivity contribution in [1.82, 2.24) is 5.32 Å². The highest BCUT2D eigenvalue weighted by atomic mass is 32.2.